The molecule has 3 heterocycles. The Kier molecular flexibility index (Phi) is 5.64. The molecular weight excluding hydrogens is 425 g/mol. The second-order valence-electron chi connectivity index (χ2n) is 6.54. The second-order valence-corrected chi connectivity index (χ2v) is 8.04. The first-order valence-corrected chi connectivity index (χ1v) is 10.1. The van der Waals surface area contributed by atoms with Crippen molar-refractivity contribution in [3.63, 3.8) is 0 Å². The molecule has 9 nitrogen and oxygen atoms in total. The summed E-state index contributed by atoms with van der Waals surface area (Å²) in [6.07, 6.45) is -2.53. The summed E-state index contributed by atoms with van der Waals surface area (Å²) in [6, 6.07) is 4.99. The van der Waals surface area contributed by atoms with Crippen molar-refractivity contribution < 1.29 is 26.4 Å². The van der Waals surface area contributed by atoms with Crippen molar-refractivity contribution in [2.75, 3.05) is 23.3 Å². The Hall–Kier alpha value is -3.24. The zero-order chi connectivity index (χ0) is 22.1. The Morgan fingerprint density at radius 2 is 2.07 bits per heavy atom. The van der Waals surface area contributed by atoms with Crippen LogP contribution in [0.3, 0.4) is 0 Å². The number of alkyl halides is 3. The molecule has 13 heteroatoms. The van der Waals surface area contributed by atoms with Gasteiger partial charge in [-0.1, -0.05) is 0 Å². The molecular formula is C17H15F3N6O3S. The molecule has 0 unspecified atom stereocenters. The van der Waals surface area contributed by atoms with E-state index in [4.69, 9.17) is 10.4 Å². The van der Waals surface area contributed by atoms with Crippen LogP contribution in [0.4, 0.5) is 24.7 Å². The number of pyridine rings is 2. The van der Waals surface area contributed by atoms with Gasteiger partial charge >= 0.3 is 6.18 Å². The number of nitrogens with two attached hydrogens (primary N) is 1. The van der Waals surface area contributed by atoms with E-state index in [1.54, 1.807) is 4.90 Å². The van der Waals surface area contributed by atoms with Gasteiger partial charge in [0.2, 0.25) is 0 Å². The lowest BCUT2D eigenvalue weighted by molar-refractivity contribution is -0.137. The molecule has 0 aliphatic carbocycles. The first-order valence-electron chi connectivity index (χ1n) is 8.51. The fourth-order valence-corrected chi connectivity index (χ4v) is 3.43. The number of hydrogen-bond donors (Lipinski definition) is 2. The van der Waals surface area contributed by atoms with Crippen LogP contribution in [0.1, 0.15) is 22.3 Å². The van der Waals surface area contributed by atoms with Crippen molar-refractivity contribution >= 4 is 27.4 Å². The highest BCUT2D eigenvalue weighted by atomic mass is 32.2. The first kappa shape index (κ1) is 21.5. The van der Waals surface area contributed by atoms with Gasteiger partial charge in [0, 0.05) is 37.2 Å². The summed E-state index contributed by atoms with van der Waals surface area (Å²) >= 11 is 0. The number of carbonyl (C=O) groups excluding carboxylic acids is 1. The van der Waals surface area contributed by atoms with Gasteiger partial charge in [-0.05, 0) is 18.6 Å². The van der Waals surface area contributed by atoms with Crippen LogP contribution in [0, 0.1) is 17.2 Å². The summed E-state index contributed by atoms with van der Waals surface area (Å²) in [7, 11) is -4.14. The number of anilines is 2. The van der Waals surface area contributed by atoms with E-state index in [9.17, 15) is 26.4 Å². The number of nitriles is 1. The van der Waals surface area contributed by atoms with Crippen LogP contribution in [-0.4, -0.2) is 37.4 Å². The SMILES string of the molecule is N#C[C@H]1CCN(c2ncc(C(F)(F)F)cc2C(=O)Nc2ccnc(S(N)(=O)=O)c2)C1. The van der Waals surface area contributed by atoms with E-state index in [1.165, 1.54) is 6.07 Å². The number of nitrogens with zero attached hydrogens (tertiary/aromatic N) is 4. The Morgan fingerprint density at radius 3 is 2.67 bits per heavy atom. The fraction of sp³-hybridized carbons (Fsp3) is 0.294. The first-order chi connectivity index (χ1) is 14.0. The quantitative estimate of drug-likeness (QED) is 0.737. The second kappa shape index (κ2) is 7.88. The molecule has 0 bridgehead atoms. The molecule has 1 fully saturated rings. The molecule has 30 heavy (non-hydrogen) atoms. The lowest BCUT2D eigenvalue weighted by Gasteiger charge is -2.21. The lowest BCUT2D eigenvalue weighted by Crippen LogP contribution is -2.26. The van der Waals surface area contributed by atoms with Gasteiger partial charge in [0.25, 0.3) is 15.9 Å². The monoisotopic (exact) mass is 440 g/mol. The number of hydrogen-bond acceptors (Lipinski definition) is 7. The van der Waals surface area contributed by atoms with Crippen molar-refractivity contribution in [1.29, 1.82) is 5.26 Å². The largest absolute Gasteiger partial charge is 0.417 e. The highest BCUT2D eigenvalue weighted by Gasteiger charge is 2.34. The minimum absolute atomic E-state index is 0.000948. The number of halogens is 3. The van der Waals surface area contributed by atoms with E-state index in [0.29, 0.717) is 25.2 Å². The minimum Gasteiger partial charge on any atom is -0.355 e. The third-order valence-electron chi connectivity index (χ3n) is 4.39. The van der Waals surface area contributed by atoms with Gasteiger partial charge in [0.1, 0.15) is 5.82 Å². The zero-order valence-corrected chi connectivity index (χ0v) is 16.0. The topological polar surface area (TPSA) is 142 Å². The molecule has 0 saturated carbocycles. The van der Waals surface area contributed by atoms with Gasteiger partial charge in [-0.25, -0.2) is 23.5 Å². The van der Waals surface area contributed by atoms with Crippen molar-refractivity contribution in [2.45, 2.75) is 17.6 Å². The summed E-state index contributed by atoms with van der Waals surface area (Å²) in [4.78, 5) is 21.7. The molecule has 2 aromatic rings. The number of nitrogens with one attached hydrogen (secondary N) is 1. The number of amides is 1. The molecule has 2 aromatic heterocycles. The van der Waals surface area contributed by atoms with E-state index in [0.717, 1.165) is 12.3 Å². The predicted octanol–water partition coefficient (Wildman–Crippen LogP) is 1.74. The Bertz CT molecular complexity index is 1130. The van der Waals surface area contributed by atoms with Crippen molar-refractivity contribution in [3.8, 4) is 6.07 Å². The Morgan fingerprint density at radius 1 is 1.33 bits per heavy atom. The highest BCUT2D eigenvalue weighted by molar-refractivity contribution is 7.89. The summed E-state index contributed by atoms with van der Waals surface area (Å²) in [5, 5.41) is 15.9. The molecule has 0 aromatic carbocycles. The third kappa shape index (κ3) is 4.66. The van der Waals surface area contributed by atoms with E-state index in [2.05, 4.69) is 21.4 Å². The smallest absolute Gasteiger partial charge is 0.355 e. The normalized spacial score (nSPS) is 16.9. The molecule has 1 aliphatic heterocycles. The molecule has 0 radical (unpaired) electrons. The highest BCUT2D eigenvalue weighted by Crippen LogP contribution is 2.33. The van der Waals surface area contributed by atoms with Gasteiger partial charge in [-0.3, -0.25) is 4.79 Å². The van der Waals surface area contributed by atoms with Crippen molar-refractivity contribution in [3.05, 3.63) is 41.7 Å². The van der Waals surface area contributed by atoms with Gasteiger partial charge in [0.15, 0.2) is 5.03 Å². The Balaban J connectivity index is 1.98. The van der Waals surface area contributed by atoms with Gasteiger partial charge in [0.05, 0.1) is 23.1 Å². The third-order valence-corrected chi connectivity index (χ3v) is 5.20. The van der Waals surface area contributed by atoms with Crippen LogP contribution in [0.15, 0.2) is 35.6 Å². The van der Waals surface area contributed by atoms with Crippen molar-refractivity contribution in [1.82, 2.24) is 9.97 Å². The van der Waals surface area contributed by atoms with Crippen LogP contribution in [-0.2, 0) is 16.2 Å². The van der Waals surface area contributed by atoms with Gasteiger partial charge in [-0.15, -0.1) is 0 Å². The van der Waals surface area contributed by atoms with E-state index in [-0.39, 0.29) is 29.5 Å². The van der Waals surface area contributed by atoms with Crippen LogP contribution < -0.4 is 15.4 Å². The molecule has 1 aliphatic rings. The summed E-state index contributed by atoms with van der Waals surface area (Å²) < 4.78 is 62.3. The molecule has 1 saturated heterocycles. The number of sulfonamides is 1. The van der Waals surface area contributed by atoms with Crippen LogP contribution in [0.5, 0.6) is 0 Å². The number of aromatic nitrogens is 2. The fourth-order valence-electron chi connectivity index (χ4n) is 2.93. The average molecular weight is 440 g/mol. The van der Waals surface area contributed by atoms with E-state index >= 15 is 0 Å². The molecule has 3 rings (SSSR count). The van der Waals surface area contributed by atoms with E-state index < -0.39 is 32.7 Å². The van der Waals surface area contributed by atoms with Crippen molar-refractivity contribution in [2.24, 2.45) is 11.1 Å². The lowest BCUT2D eigenvalue weighted by atomic mass is 10.1. The number of rotatable bonds is 4. The van der Waals surface area contributed by atoms with Crippen LogP contribution in [0.2, 0.25) is 0 Å². The maximum Gasteiger partial charge on any atom is 0.417 e. The molecule has 1 amide bonds. The standard InChI is InChI=1S/C17H15F3N6O3S/c18-17(19,20)11-5-13(15(24-8-11)26-4-2-10(7-21)9-26)16(27)25-12-1-3-23-14(6-12)30(22,28)29/h1,3,5-6,8,10H,2,4,9H2,(H2,22,28,29)(H,23,25,27)/t10-/m1/s1. The van der Waals surface area contributed by atoms with Gasteiger partial charge < -0.3 is 10.2 Å². The zero-order valence-electron chi connectivity index (χ0n) is 15.2. The van der Waals surface area contributed by atoms with Gasteiger partial charge in [-0.2, -0.15) is 18.4 Å². The molecule has 158 valence electrons. The Labute approximate surface area is 169 Å². The summed E-state index contributed by atoms with van der Waals surface area (Å²) in [5.74, 6) is -1.27. The molecule has 0 spiro atoms. The number of primary sulfonamides is 1. The van der Waals surface area contributed by atoms with Crippen LogP contribution in [0.25, 0.3) is 0 Å². The average Bonchev–Trinajstić information content (AvgIpc) is 3.15. The predicted molar refractivity (Wildman–Crippen MR) is 98.7 cm³/mol. The molecule has 1 atom stereocenters. The number of carbonyl (C=O) groups is 1. The van der Waals surface area contributed by atoms with E-state index in [1.807, 2.05) is 0 Å². The maximum atomic E-state index is 13.2. The van der Waals surface area contributed by atoms with Crippen LogP contribution >= 0.6 is 0 Å². The maximum absolute atomic E-state index is 13.2. The minimum atomic E-state index is -4.72. The summed E-state index contributed by atoms with van der Waals surface area (Å²) in [5.41, 5.74) is -1.51. The summed E-state index contributed by atoms with van der Waals surface area (Å²) in [6.45, 7) is 0.571. The molecule has 3 N–H and O–H groups in total.